The van der Waals surface area contributed by atoms with E-state index in [9.17, 15) is 4.39 Å². The summed E-state index contributed by atoms with van der Waals surface area (Å²) in [5.41, 5.74) is 5.84. The monoisotopic (exact) mass is 234 g/mol. The van der Waals surface area contributed by atoms with Crippen LogP contribution in [-0.4, -0.2) is 0 Å². The van der Waals surface area contributed by atoms with Crippen LogP contribution in [-0.2, 0) is 0 Å². The van der Waals surface area contributed by atoms with Crippen LogP contribution in [0.2, 0.25) is 5.02 Å². The average molecular weight is 235 g/mol. The van der Waals surface area contributed by atoms with Crippen molar-refractivity contribution in [3.05, 3.63) is 34.6 Å². The van der Waals surface area contributed by atoms with Crippen molar-refractivity contribution in [1.29, 1.82) is 5.26 Å². The van der Waals surface area contributed by atoms with Gasteiger partial charge < -0.3 is 5.73 Å². The predicted octanol–water partition coefficient (Wildman–Crippen LogP) is 2.81. The molecule has 1 aromatic rings. The summed E-state index contributed by atoms with van der Waals surface area (Å²) in [5.74, 6) is -0.424. The molecule has 0 amide bonds. The molecule has 0 spiro atoms. The van der Waals surface area contributed by atoms with Gasteiger partial charge in [0.2, 0.25) is 0 Å². The Labute approximate surface area is 92.9 Å². The molecule has 0 bridgehead atoms. The summed E-state index contributed by atoms with van der Waals surface area (Å²) in [7, 11) is 0. The van der Waals surface area contributed by atoms with E-state index in [2.05, 4.69) is 0 Å². The van der Waals surface area contributed by atoms with Crippen molar-refractivity contribution in [1.82, 2.24) is 0 Å². The molecule has 2 N–H and O–H groups in total. The summed E-state index contributed by atoms with van der Waals surface area (Å²) in [4.78, 5) is 0. The summed E-state index contributed by atoms with van der Waals surface area (Å²) in [5, 5.41) is 8.79. The van der Waals surface area contributed by atoms with E-state index in [4.69, 9.17) is 22.6 Å². The summed E-state index contributed by atoms with van der Waals surface area (Å²) in [6, 6.07) is 5.40. The third kappa shape index (κ3) is 3.15. The van der Waals surface area contributed by atoms with E-state index in [-0.39, 0.29) is 24.4 Å². The molecule has 14 heavy (non-hydrogen) atoms. The van der Waals surface area contributed by atoms with Crippen LogP contribution in [0.3, 0.4) is 0 Å². The Hall–Kier alpha value is -0.820. The Morgan fingerprint density at radius 3 is 2.79 bits per heavy atom. The van der Waals surface area contributed by atoms with Gasteiger partial charge in [-0.1, -0.05) is 11.6 Å². The number of nitrogens with zero attached hydrogens (tertiary/aromatic N) is 1. The second-order valence-electron chi connectivity index (χ2n) is 2.63. The molecule has 1 atom stereocenters. The average Bonchev–Trinajstić information content (AvgIpc) is 2.09. The maximum absolute atomic E-state index is 13.1. The molecule has 5 heteroatoms. The Bertz CT molecular complexity index is 349. The van der Waals surface area contributed by atoms with Gasteiger partial charge in [0.1, 0.15) is 5.82 Å². The van der Waals surface area contributed by atoms with Crippen molar-refractivity contribution in [2.24, 2.45) is 5.73 Å². The van der Waals surface area contributed by atoms with Crippen molar-refractivity contribution < 1.29 is 4.39 Å². The second kappa shape index (κ2) is 5.82. The van der Waals surface area contributed by atoms with Crippen molar-refractivity contribution in [3.63, 3.8) is 0 Å². The van der Waals surface area contributed by atoms with Gasteiger partial charge in [0.25, 0.3) is 0 Å². The minimum atomic E-state index is -0.608. The Morgan fingerprint density at radius 2 is 2.21 bits per heavy atom. The highest BCUT2D eigenvalue weighted by Gasteiger charge is 2.10. The Morgan fingerprint density at radius 1 is 1.57 bits per heavy atom. The molecule has 1 rings (SSSR count). The highest BCUT2D eigenvalue weighted by Crippen LogP contribution is 2.21. The van der Waals surface area contributed by atoms with E-state index < -0.39 is 11.9 Å². The van der Waals surface area contributed by atoms with E-state index in [1.807, 2.05) is 6.07 Å². The van der Waals surface area contributed by atoms with Crippen LogP contribution in [0.25, 0.3) is 0 Å². The molecule has 0 saturated carbocycles. The molecular weight excluding hydrogens is 226 g/mol. The number of nitriles is 1. The SMILES string of the molecule is Cl.N#CC[C@@H](N)c1cc(Cl)ccc1F. The Balaban J connectivity index is 0.00000169. The van der Waals surface area contributed by atoms with Gasteiger partial charge in [-0.3, -0.25) is 0 Å². The van der Waals surface area contributed by atoms with Gasteiger partial charge in [-0.2, -0.15) is 5.26 Å². The fourth-order valence-electron chi connectivity index (χ4n) is 1.01. The van der Waals surface area contributed by atoms with Gasteiger partial charge in [-0.25, -0.2) is 4.39 Å². The molecule has 0 unspecified atom stereocenters. The molecule has 76 valence electrons. The minimum Gasteiger partial charge on any atom is -0.323 e. The van der Waals surface area contributed by atoms with Crippen molar-refractivity contribution >= 4 is 24.0 Å². The number of hydrogen-bond acceptors (Lipinski definition) is 2. The minimum absolute atomic E-state index is 0. The molecule has 2 nitrogen and oxygen atoms in total. The van der Waals surface area contributed by atoms with E-state index in [0.29, 0.717) is 5.02 Å². The van der Waals surface area contributed by atoms with Crippen LogP contribution >= 0.6 is 24.0 Å². The van der Waals surface area contributed by atoms with E-state index in [1.54, 1.807) is 0 Å². The Kier molecular flexibility index (Phi) is 5.47. The highest BCUT2D eigenvalue weighted by molar-refractivity contribution is 6.30. The van der Waals surface area contributed by atoms with Crippen LogP contribution in [0.15, 0.2) is 18.2 Å². The molecule has 0 aliphatic heterocycles. The van der Waals surface area contributed by atoms with Crippen LogP contribution < -0.4 is 5.73 Å². The van der Waals surface area contributed by atoms with Crippen molar-refractivity contribution in [3.8, 4) is 6.07 Å². The van der Waals surface area contributed by atoms with Crippen LogP contribution in [0, 0.1) is 17.1 Å². The van der Waals surface area contributed by atoms with E-state index >= 15 is 0 Å². The topological polar surface area (TPSA) is 49.8 Å². The van der Waals surface area contributed by atoms with Gasteiger partial charge in [0.15, 0.2) is 0 Å². The molecule has 0 fully saturated rings. The highest BCUT2D eigenvalue weighted by atomic mass is 35.5. The lowest BCUT2D eigenvalue weighted by molar-refractivity contribution is 0.585. The van der Waals surface area contributed by atoms with Crippen LogP contribution in [0.1, 0.15) is 18.0 Å². The standard InChI is InChI=1S/C9H8ClFN2.ClH/c10-6-1-2-8(11)7(5-6)9(13)3-4-12;/h1-2,5,9H,3,13H2;1H/t9-;/m1./s1. The zero-order chi connectivity index (χ0) is 9.84. The fourth-order valence-corrected chi connectivity index (χ4v) is 1.19. The van der Waals surface area contributed by atoms with E-state index in [0.717, 1.165) is 0 Å². The maximum atomic E-state index is 13.1. The zero-order valence-corrected chi connectivity index (χ0v) is 8.78. The van der Waals surface area contributed by atoms with Gasteiger partial charge in [0.05, 0.1) is 12.5 Å². The largest absolute Gasteiger partial charge is 0.323 e. The van der Waals surface area contributed by atoms with Gasteiger partial charge in [0, 0.05) is 16.6 Å². The first-order valence-electron chi connectivity index (χ1n) is 3.72. The van der Waals surface area contributed by atoms with E-state index in [1.165, 1.54) is 18.2 Å². The smallest absolute Gasteiger partial charge is 0.128 e. The lowest BCUT2D eigenvalue weighted by Gasteiger charge is -2.08. The summed E-state index contributed by atoms with van der Waals surface area (Å²) < 4.78 is 13.1. The lowest BCUT2D eigenvalue weighted by Crippen LogP contribution is -2.11. The van der Waals surface area contributed by atoms with Crippen molar-refractivity contribution in [2.75, 3.05) is 0 Å². The first-order valence-corrected chi connectivity index (χ1v) is 4.10. The van der Waals surface area contributed by atoms with Crippen LogP contribution in [0.5, 0.6) is 0 Å². The molecule has 1 aromatic carbocycles. The predicted molar refractivity (Wildman–Crippen MR) is 55.8 cm³/mol. The number of hydrogen-bond donors (Lipinski definition) is 1. The number of halogens is 3. The molecular formula is C9H9Cl2FN2. The van der Waals surface area contributed by atoms with Crippen LogP contribution in [0.4, 0.5) is 4.39 Å². The second-order valence-corrected chi connectivity index (χ2v) is 3.07. The first-order chi connectivity index (χ1) is 6.15. The lowest BCUT2D eigenvalue weighted by atomic mass is 10.1. The summed E-state index contributed by atoms with van der Waals surface area (Å²) in [6.07, 6.45) is 0.0806. The fraction of sp³-hybridized carbons (Fsp3) is 0.222. The van der Waals surface area contributed by atoms with Gasteiger partial charge in [-0.05, 0) is 18.2 Å². The van der Waals surface area contributed by atoms with Gasteiger partial charge >= 0.3 is 0 Å². The molecule has 0 aliphatic rings. The summed E-state index contributed by atoms with van der Waals surface area (Å²) in [6.45, 7) is 0. The number of benzene rings is 1. The number of nitrogens with two attached hydrogens (primary N) is 1. The zero-order valence-electron chi connectivity index (χ0n) is 7.21. The normalized spacial score (nSPS) is 11.3. The summed E-state index contributed by atoms with van der Waals surface area (Å²) >= 11 is 5.66. The third-order valence-corrected chi connectivity index (χ3v) is 1.90. The maximum Gasteiger partial charge on any atom is 0.128 e. The molecule has 0 radical (unpaired) electrons. The molecule has 0 heterocycles. The number of rotatable bonds is 2. The van der Waals surface area contributed by atoms with Gasteiger partial charge in [-0.15, -0.1) is 12.4 Å². The third-order valence-electron chi connectivity index (χ3n) is 1.67. The van der Waals surface area contributed by atoms with Crippen molar-refractivity contribution in [2.45, 2.75) is 12.5 Å². The quantitative estimate of drug-likeness (QED) is 0.856. The first kappa shape index (κ1) is 13.2. The molecule has 0 saturated heterocycles. The molecule has 0 aromatic heterocycles. The molecule has 0 aliphatic carbocycles.